The molecule has 2 rings (SSSR count). The Hall–Kier alpha value is -3.00. The molecule has 0 radical (unpaired) electrons. The number of benzene rings is 2. The quantitative estimate of drug-likeness (QED) is 0.643. The molecule has 8 heteroatoms. The molecule has 2 aromatic carbocycles. The number of aliphatic hydroxyl groups excluding tert-OH is 1. The average Bonchev–Trinajstić information content (AvgIpc) is 2.63. The molecule has 6 nitrogen and oxygen atoms in total. The van der Waals surface area contributed by atoms with E-state index in [4.69, 9.17) is 4.74 Å². The van der Waals surface area contributed by atoms with Crippen molar-refractivity contribution < 1.29 is 28.2 Å². The van der Waals surface area contributed by atoms with Gasteiger partial charge in [0.15, 0.2) is 0 Å². The van der Waals surface area contributed by atoms with Gasteiger partial charge in [0.1, 0.15) is 18.2 Å². The van der Waals surface area contributed by atoms with Gasteiger partial charge in [-0.15, -0.1) is 0 Å². The van der Waals surface area contributed by atoms with E-state index >= 15 is 0 Å². The number of hydrogen-bond donors (Lipinski definition) is 3. The predicted molar refractivity (Wildman–Crippen MR) is 98.3 cm³/mol. The van der Waals surface area contributed by atoms with Gasteiger partial charge >= 0.3 is 6.09 Å². The minimum atomic E-state index is -1.19. The number of aliphatic hydroxyl groups is 1. The number of halogens is 2. The fourth-order valence-electron chi connectivity index (χ4n) is 2.63. The van der Waals surface area contributed by atoms with Crippen LogP contribution in [-0.4, -0.2) is 35.8 Å². The maximum Gasteiger partial charge on any atom is 0.407 e. The molecular formula is C20H22F2N2O4. The van der Waals surface area contributed by atoms with Crippen molar-refractivity contribution in [3.63, 3.8) is 0 Å². The van der Waals surface area contributed by atoms with Crippen molar-refractivity contribution in [1.29, 1.82) is 0 Å². The molecule has 0 aliphatic heterocycles. The molecule has 0 unspecified atom stereocenters. The van der Waals surface area contributed by atoms with Gasteiger partial charge in [-0.2, -0.15) is 0 Å². The number of alkyl carbamates (subject to hydrolysis) is 1. The van der Waals surface area contributed by atoms with Gasteiger partial charge < -0.3 is 20.5 Å². The zero-order valence-electron chi connectivity index (χ0n) is 15.3. The van der Waals surface area contributed by atoms with E-state index < -0.39 is 35.8 Å². The zero-order valence-corrected chi connectivity index (χ0v) is 15.3. The molecule has 0 aliphatic rings. The summed E-state index contributed by atoms with van der Waals surface area (Å²) in [5, 5.41) is 15.2. The topological polar surface area (TPSA) is 87.7 Å². The molecule has 0 aliphatic carbocycles. The van der Waals surface area contributed by atoms with Crippen molar-refractivity contribution in [2.45, 2.75) is 32.1 Å². The Morgan fingerprint density at radius 1 is 1.07 bits per heavy atom. The Kier molecular flexibility index (Phi) is 7.88. The highest BCUT2D eigenvalue weighted by Crippen LogP contribution is 2.12. The van der Waals surface area contributed by atoms with Crippen LogP contribution in [0.3, 0.4) is 0 Å². The molecule has 2 amide bonds. The minimum Gasteiger partial charge on any atom is -0.445 e. The lowest BCUT2D eigenvalue weighted by molar-refractivity contribution is -0.120. The van der Waals surface area contributed by atoms with Crippen molar-refractivity contribution >= 4 is 12.0 Å². The van der Waals surface area contributed by atoms with E-state index in [9.17, 15) is 23.5 Å². The van der Waals surface area contributed by atoms with Crippen molar-refractivity contribution in [3.8, 4) is 0 Å². The first-order valence-corrected chi connectivity index (χ1v) is 8.68. The summed E-state index contributed by atoms with van der Waals surface area (Å²) in [4.78, 5) is 23.2. The number of rotatable bonds is 8. The fraction of sp³-hybridized carbons (Fsp3) is 0.300. The Balaban J connectivity index is 1.89. The first-order valence-electron chi connectivity index (χ1n) is 8.68. The van der Waals surface area contributed by atoms with E-state index in [-0.39, 0.29) is 25.1 Å². The van der Waals surface area contributed by atoms with Gasteiger partial charge in [-0.1, -0.05) is 30.3 Å². The van der Waals surface area contributed by atoms with Gasteiger partial charge in [0, 0.05) is 19.5 Å². The van der Waals surface area contributed by atoms with E-state index in [0.717, 1.165) is 23.8 Å². The molecule has 0 saturated carbocycles. The summed E-state index contributed by atoms with van der Waals surface area (Å²) in [7, 11) is 0. The normalized spacial score (nSPS) is 12.7. The lowest BCUT2D eigenvalue weighted by Crippen LogP contribution is -2.49. The third kappa shape index (κ3) is 7.32. The summed E-state index contributed by atoms with van der Waals surface area (Å²) in [6.07, 6.45) is -1.95. The van der Waals surface area contributed by atoms with Crippen LogP contribution in [0.1, 0.15) is 18.1 Å². The van der Waals surface area contributed by atoms with Gasteiger partial charge in [-0.25, -0.2) is 13.6 Å². The largest absolute Gasteiger partial charge is 0.445 e. The second kappa shape index (κ2) is 10.4. The highest BCUT2D eigenvalue weighted by molar-refractivity contribution is 5.73. The third-order valence-electron chi connectivity index (χ3n) is 3.90. The number of nitrogens with one attached hydrogen (secondary N) is 2. The number of carbonyl (C=O) groups excluding carboxylic acids is 2. The summed E-state index contributed by atoms with van der Waals surface area (Å²) in [6, 6.07) is 11.2. The molecule has 0 saturated heterocycles. The Labute approximate surface area is 161 Å². The van der Waals surface area contributed by atoms with E-state index in [1.165, 1.54) is 6.92 Å². The smallest absolute Gasteiger partial charge is 0.407 e. The number of ether oxygens (including phenoxy) is 1. The highest BCUT2D eigenvalue weighted by atomic mass is 19.1. The van der Waals surface area contributed by atoms with Crippen molar-refractivity contribution in [3.05, 3.63) is 71.3 Å². The fourth-order valence-corrected chi connectivity index (χ4v) is 2.63. The summed E-state index contributed by atoms with van der Waals surface area (Å²) >= 11 is 0. The monoisotopic (exact) mass is 392 g/mol. The third-order valence-corrected chi connectivity index (χ3v) is 3.90. The molecule has 0 fully saturated rings. The lowest BCUT2D eigenvalue weighted by atomic mass is 10.0. The second-order valence-corrected chi connectivity index (χ2v) is 6.30. The Bertz CT molecular complexity index is 782. The molecule has 3 N–H and O–H groups in total. The maximum absolute atomic E-state index is 13.4. The second-order valence-electron chi connectivity index (χ2n) is 6.30. The standard InChI is InChI=1S/C20H22F2N2O4/c1-13(25)24-18(9-15-7-16(21)10-17(22)8-15)19(26)11-23-20(27)28-12-14-5-3-2-4-6-14/h2-8,10,18-19,26H,9,11-12H2,1H3,(H,23,27)(H,24,25)/t18-,19+/m0/s1. The van der Waals surface area contributed by atoms with Crippen LogP contribution in [0.5, 0.6) is 0 Å². The van der Waals surface area contributed by atoms with Crippen LogP contribution in [0.2, 0.25) is 0 Å². The van der Waals surface area contributed by atoms with E-state index in [1.807, 2.05) is 18.2 Å². The summed E-state index contributed by atoms with van der Waals surface area (Å²) < 4.78 is 31.8. The van der Waals surface area contributed by atoms with Gasteiger partial charge in [0.05, 0.1) is 12.1 Å². The summed E-state index contributed by atoms with van der Waals surface area (Å²) in [6.45, 7) is 1.12. The summed E-state index contributed by atoms with van der Waals surface area (Å²) in [5.41, 5.74) is 1.07. The molecule has 2 atom stereocenters. The lowest BCUT2D eigenvalue weighted by Gasteiger charge is -2.24. The number of carbonyl (C=O) groups is 2. The number of hydrogen-bond acceptors (Lipinski definition) is 4. The molecule has 0 heterocycles. The maximum atomic E-state index is 13.4. The van der Waals surface area contributed by atoms with Crippen molar-refractivity contribution in [1.82, 2.24) is 10.6 Å². The SMILES string of the molecule is CC(=O)N[C@@H](Cc1cc(F)cc(F)c1)[C@H](O)CNC(=O)OCc1ccccc1. The first-order chi connectivity index (χ1) is 13.3. The van der Waals surface area contributed by atoms with Crippen LogP contribution in [0, 0.1) is 11.6 Å². The molecule has 28 heavy (non-hydrogen) atoms. The van der Waals surface area contributed by atoms with Gasteiger partial charge in [0.2, 0.25) is 5.91 Å². The van der Waals surface area contributed by atoms with Gasteiger partial charge in [-0.05, 0) is 29.7 Å². The predicted octanol–water partition coefficient (Wildman–Crippen LogP) is 2.30. The van der Waals surface area contributed by atoms with Crippen LogP contribution >= 0.6 is 0 Å². The van der Waals surface area contributed by atoms with Crippen LogP contribution in [0.25, 0.3) is 0 Å². The molecule has 2 aromatic rings. The molecule has 0 aromatic heterocycles. The van der Waals surface area contributed by atoms with Gasteiger partial charge in [-0.3, -0.25) is 4.79 Å². The van der Waals surface area contributed by atoms with Gasteiger partial charge in [0.25, 0.3) is 0 Å². The molecule has 0 spiro atoms. The molecular weight excluding hydrogens is 370 g/mol. The van der Waals surface area contributed by atoms with Crippen molar-refractivity contribution in [2.24, 2.45) is 0 Å². The first kappa shape index (κ1) is 21.3. The van der Waals surface area contributed by atoms with E-state index in [0.29, 0.717) is 0 Å². The zero-order chi connectivity index (χ0) is 20.5. The van der Waals surface area contributed by atoms with Crippen LogP contribution in [0.15, 0.2) is 48.5 Å². The Morgan fingerprint density at radius 3 is 2.32 bits per heavy atom. The summed E-state index contributed by atoms with van der Waals surface area (Å²) in [5.74, 6) is -1.94. The minimum absolute atomic E-state index is 0.0177. The Morgan fingerprint density at radius 2 is 1.71 bits per heavy atom. The van der Waals surface area contributed by atoms with E-state index in [2.05, 4.69) is 10.6 Å². The van der Waals surface area contributed by atoms with E-state index in [1.54, 1.807) is 12.1 Å². The van der Waals surface area contributed by atoms with Crippen LogP contribution < -0.4 is 10.6 Å². The molecule has 150 valence electrons. The number of amides is 2. The average molecular weight is 392 g/mol. The molecule has 0 bridgehead atoms. The van der Waals surface area contributed by atoms with Crippen LogP contribution in [0.4, 0.5) is 13.6 Å². The highest BCUT2D eigenvalue weighted by Gasteiger charge is 2.22. The van der Waals surface area contributed by atoms with Crippen LogP contribution in [-0.2, 0) is 22.6 Å². The van der Waals surface area contributed by atoms with Crippen molar-refractivity contribution in [2.75, 3.05) is 6.54 Å².